The first-order valence-corrected chi connectivity index (χ1v) is 9.68. The minimum atomic E-state index is -0.781. The van der Waals surface area contributed by atoms with Crippen molar-refractivity contribution in [1.29, 1.82) is 0 Å². The number of thioether (sulfide) groups is 1. The maximum Gasteiger partial charge on any atom is 0.303 e. The van der Waals surface area contributed by atoms with E-state index in [9.17, 15) is 9.59 Å². The molecular formula is C19H23NO3S2. The van der Waals surface area contributed by atoms with Gasteiger partial charge < -0.3 is 5.11 Å². The van der Waals surface area contributed by atoms with E-state index in [2.05, 4.69) is 26.0 Å². The van der Waals surface area contributed by atoms with Crippen LogP contribution in [-0.4, -0.2) is 32.7 Å². The molecule has 134 valence electrons. The number of amides is 1. The van der Waals surface area contributed by atoms with E-state index >= 15 is 0 Å². The Hall–Kier alpha value is -1.66. The Morgan fingerprint density at radius 3 is 2.52 bits per heavy atom. The zero-order chi connectivity index (χ0) is 18.4. The third-order valence-electron chi connectivity index (χ3n) is 4.05. The predicted molar refractivity (Wildman–Crippen MR) is 107 cm³/mol. The average Bonchev–Trinajstić information content (AvgIpc) is 2.82. The van der Waals surface area contributed by atoms with Crippen LogP contribution in [0.1, 0.15) is 56.6 Å². The number of rotatable bonds is 8. The number of hydrogen-bond acceptors (Lipinski definition) is 4. The normalized spacial score (nSPS) is 16.3. The number of benzene rings is 1. The summed E-state index contributed by atoms with van der Waals surface area (Å²) >= 11 is 6.65. The van der Waals surface area contributed by atoms with Gasteiger partial charge in [-0.3, -0.25) is 14.5 Å². The fourth-order valence-electron chi connectivity index (χ4n) is 2.54. The number of nitrogens with zero attached hydrogens (tertiary/aromatic N) is 1. The number of thiocarbonyl (C=S) groups is 1. The molecule has 1 fully saturated rings. The van der Waals surface area contributed by atoms with Crippen LogP contribution in [-0.2, 0) is 9.59 Å². The smallest absolute Gasteiger partial charge is 0.303 e. The van der Waals surface area contributed by atoms with Gasteiger partial charge in [0.2, 0.25) is 0 Å². The Morgan fingerprint density at radius 2 is 1.92 bits per heavy atom. The summed E-state index contributed by atoms with van der Waals surface area (Å²) < 4.78 is 0.577. The van der Waals surface area contributed by atoms with Crippen LogP contribution in [0, 0.1) is 0 Å². The molecular weight excluding hydrogens is 354 g/mol. The summed E-state index contributed by atoms with van der Waals surface area (Å²) in [6.45, 7) is 4.85. The largest absolute Gasteiger partial charge is 0.481 e. The number of unbranched alkanes of at least 4 members (excludes halogenated alkanes) is 2. The number of carboxylic acid groups (broad SMARTS) is 1. The Balaban J connectivity index is 1.94. The van der Waals surface area contributed by atoms with Gasteiger partial charge in [-0.05, 0) is 36.0 Å². The molecule has 1 N–H and O–H groups in total. The van der Waals surface area contributed by atoms with Crippen molar-refractivity contribution in [2.75, 3.05) is 6.54 Å². The maximum atomic E-state index is 12.5. The molecule has 1 aliphatic rings. The van der Waals surface area contributed by atoms with Crippen LogP contribution < -0.4 is 0 Å². The maximum absolute atomic E-state index is 12.5. The van der Waals surface area contributed by atoms with E-state index < -0.39 is 5.97 Å². The van der Waals surface area contributed by atoms with Crippen molar-refractivity contribution in [1.82, 2.24) is 4.90 Å². The summed E-state index contributed by atoms with van der Waals surface area (Å²) in [5, 5.41) is 8.63. The molecule has 0 radical (unpaired) electrons. The Bertz CT molecular complexity index is 680. The summed E-state index contributed by atoms with van der Waals surface area (Å²) in [7, 11) is 0. The van der Waals surface area contributed by atoms with Crippen LogP contribution in [0.25, 0.3) is 6.08 Å². The minimum absolute atomic E-state index is 0.0545. The lowest BCUT2D eigenvalue weighted by Gasteiger charge is -2.13. The first-order chi connectivity index (χ1) is 11.9. The van der Waals surface area contributed by atoms with E-state index in [4.69, 9.17) is 17.3 Å². The quantitative estimate of drug-likeness (QED) is 0.406. The Morgan fingerprint density at radius 1 is 1.24 bits per heavy atom. The molecule has 2 rings (SSSR count). The molecule has 0 aromatic heterocycles. The van der Waals surface area contributed by atoms with Crippen molar-refractivity contribution in [3.05, 3.63) is 40.3 Å². The molecule has 0 spiro atoms. The van der Waals surface area contributed by atoms with Crippen LogP contribution in [0.2, 0.25) is 0 Å². The van der Waals surface area contributed by atoms with Crippen LogP contribution in [0.4, 0.5) is 0 Å². The molecule has 4 nitrogen and oxygen atoms in total. The van der Waals surface area contributed by atoms with Gasteiger partial charge in [0.15, 0.2) is 0 Å². The molecule has 1 amide bonds. The molecule has 0 aliphatic carbocycles. The molecule has 1 saturated heterocycles. The second-order valence-electron chi connectivity index (χ2n) is 6.36. The molecule has 1 aliphatic heterocycles. The fraction of sp³-hybridized carbons (Fsp3) is 0.421. The average molecular weight is 378 g/mol. The molecule has 1 aromatic carbocycles. The number of carboxylic acids is 1. The zero-order valence-corrected chi connectivity index (χ0v) is 16.2. The SMILES string of the molecule is CC(C)c1ccc(C=C2SC(=S)N(CCCCCC(=O)O)C2=O)cc1. The summed E-state index contributed by atoms with van der Waals surface area (Å²) in [6.07, 6.45) is 4.22. The molecule has 0 saturated carbocycles. The second-order valence-corrected chi connectivity index (χ2v) is 8.03. The van der Waals surface area contributed by atoms with E-state index in [-0.39, 0.29) is 12.3 Å². The van der Waals surface area contributed by atoms with Crippen LogP contribution >= 0.6 is 24.0 Å². The molecule has 0 unspecified atom stereocenters. The number of hydrogen-bond donors (Lipinski definition) is 1. The summed E-state index contributed by atoms with van der Waals surface area (Å²) in [5.74, 6) is -0.355. The highest BCUT2D eigenvalue weighted by Gasteiger charge is 2.31. The lowest BCUT2D eigenvalue weighted by molar-refractivity contribution is -0.137. The van der Waals surface area contributed by atoms with Crippen LogP contribution in [0.3, 0.4) is 0 Å². The highest BCUT2D eigenvalue weighted by Crippen LogP contribution is 2.33. The summed E-state index contributed by atoms with van der Waals surface area (Å²) in [4.78, 5) is 25.3. The molecule has 1 aromatic rings. The van der Waals surface area contributed by atoms with Gasteiger partial charge in [-0.2, -0.15) is 0 Å². The van der Waals surface area contributed by atoms with Gasteiger partial charge >= 0.3 is 5.97 Å². The standard InChI is InChI=1S/C19H23NO3S2/c1-13(2)15-9-7-14(8-10-15)12-16-18(23)20(19(24)25-16)11-5-3-4-6-17(21)22/h7-10,12-13H,3-6,11H2,1-2H3,(H,21,22). The zero-order valence-electron chi connectivity index (χ0n) is 14.5. The lowest BCUT2D eigenvalue weighted by Crippen LogP contribution is -2.29. The fourth-order valence-corrected chi connectivity index (χ4v) is 3.85. The Kier molecular flexibility index (Phi) is 7.20. The summed E-state index contributed by atoms with van der Waals surface area (Å²) in [5.41, 5.74) is 2.26. The highest BCUT2D eigenvalue weighted by atomic mass is 32.2. The van der Waals surface area contributed by atoms with Crippen molar-refractivity contribution in [2.45, 2.75) is 45.4 Å². The number of aliphatic carboxylic acids is 1. The number of carbonyl (C=O) groups is 2. The Labute approximate surface area is 158 Å². The monoisotopic (exact) mass is 377 g/mol. The van der Waals surface area contributed by atoms with Gasteiger partial charge in [0.25, 0.3) is 5.91 Å². The van der Waals surface area contributed by atoms with Crippen molar-refractivity contribution < 1.29 is 14.7 Å². The minimum Gasteiger partial charge on any atom is -0.481 e. The van der Waals surface area contributed by atoms with Gasteiger partial charge in [0, 0.05) is 13.0 Å². The van der Waals surface area contributed by atoms with Crippen molar-refractivity contribution in [3.63, 3.8) is 0 Å². The topological polar surface area (TPSA) is 57.6 Å². The van der Waals surface area contributed by atoms with Crippen molar-refractivity contribution in [3.8, 4) is 0 Å². The van der Waals surface area contributed by atoms with E-state index in [0.717, 1.165) is 18.4 Å². The molecule has 6 heteroatoms. The van der Waals surface area contributed by atoms with Gasteiger partial charge in [-0.25, -0.2) is 0 Å². The first kappa shape index (κ1) is 19.7. The van der Waals surface area contributed by atoms with Gasteiger partial charge in [-0.15, -0.1) is 0 Å². The van der Waals surface area contributed by atoms with Gasteiger partial charge in [-0.1, -0.05) is 68.5 Å². The molecule has 25 heavy (non-hydrogen) atoms. The van der Waals surface area contributed by atoms with Gasteiger partial charge in [0.1, 0.15) is 4.32 Å². The van der Waals surface area contributed by atoms with Gasteiger partial charge in [0.05, 0.1) is 4.91 Å². The van der Waals surface area contributed by atoms with Crippen molar-refractivity contribution >= 4 is 46.3 Å². The predicted octanol–water partition coefficient (Wildman–Crippen LogP) is 4.66. The van der Waals surface area contributed by atoms with Crippen LogP contribution in [0.15, 0.2) is 29.2 Å². The highest BCUT2D eigenvalue weighted by molar-refractivity contribution is 8.26. The number of carbonyl (C=O) groups excluding carboxylic acids is 1. The van der Waals surface area contributed by atoms with Crippen molar-refractivity contribution in [2.24, 2.45) is 0 Å². The molecule has 0 bridgehead atoms. The van der Waals surface area contributed by atoms with E-state index in [1.807, 2.05) is 18.2 Å². The second kappa shape index (κ2) is 9.15. The third-order valence-corrected chi connectivity index (χ3v) is 5.42. The van der Waals surface area contributed by atoms with E-state index in [0.29, 0.717) is 28.1 Å². The first-order valence-electron chi connectivity index (χ1n) is 8.45. The lowest BCUT2D eigenvalue weighted by atomic mass is 10.0. The van der Waals surface area contributed by atoms with E-state index in [1.54, 1.807) is 4.90 Å². The van der Waals surface area contributed by atoms with E-state index in [1.165, 1.54) is 17.3 Å². The molecule has 0 atom stereocenters. The molecule has 1 heterocycles. The van der Waals surface area contributed by atoms with Crippen LogP contribution in [0.5, 0.6) is 0 Å². The summed E-state index contributed by atoms with van der Waals surface area (Å²) in [6, 6.07) is 8.21. The third kappa shape index (κ3) is 5.68.